The summed E-state index contributed by atoms with van der Waals surface area (Å²) in [6.45, 7) is 0.899. The lowest BCUT2D eigenvalue weighted by Crippen LogP contribution is -2.43. The van der Waals surface area contributed by atoms with Crippen molar-refractivity contribution < 1.29 is 14.7 Å². The van der Waals surface area contributed by atoms with Gasteiger partial charge in [0.1, 0.15) is 0 Å². The number of likely N-dealkylation sites (tertiary alicyclic amines) is 1. The van der Waals surface area contributed by atoms with Gasteiger partial charge >= 0.3 is 12.0 Å². The molecule has 4 rings (SSSR count). The van der Waals surface area contributed by atoms with Crippen LogP contribution in [0.5, 0.6) is 0 Å². The van der Waals surface area contributed by atoms with Crippen LogP contribution in [0.4, 0.5) is 4.79 Å². The van der Waals surface area contributed by atoms with Crippen LogP contribution in [0.3, 0.4) is 0 Å². The predicted octanol–water partition coefficient (Wildman–Crippen LogP) is 1.69. The molecular formula is C17H24N4O3. The third-order valence-electron chi connectivity index (χ3n) is 6.10. The highest BCUT2D eigenvalue weighted by Crippen LogP contribution is 2.49. The van der Waals surface area contributed by atoms with Crippen LogP contribution >= 0.6 is 0 Å². The summed E-state index contributed by atoms with van der Waals surface area (Å²) < 4.78 is 1.80. The molecule has 0 aromatic carbocycles. The fourth-order valence-electron chi connectivity index (χ4n) is 4.85. The highest BCUT2D eigenvalue weighted by molar-refractivity contribution is 5.80. The van der Waals surface area contributed by atoms with E-state index in [1.807, 2.05) is 13.2 Å². The number of fused-ring (bicyclic) bond motifs is 2. The van der Waals surface area contributed by atoms with Crippen molar-refractivity contribution in [3.8, 4) is 0 Å². The van der Waals surface area contributed by atoms with E-state index in [-0.39, 0.29) is 18.0 Å². The number of aryl methyl sites for hydroxylation is 2. The molecule has 2 fully saturated rings. The SMILES string of the molecule is Cn1cc2c(n1)CCCC2NC(=O)N1C[C@@H]2CCC[C@@]2(C(=O)O)C1. The number of hydrogen-bond acceptors (Lipinski definition) is 3. The number of carboxylic acids is 1. The van der Waals surface area contributed by atoms with Crippen LogP contribution in [0.2, 0.25) is 0 Å². The normalized spacial score (nSPS) is 31.6. The van der Waals surface area contributed by atoms with Crippen LogP contribution in [0.25, 0.3) is 0 Å². The number of aromatic nitrogens is 2. The first-order chi connectivity index (χ1) is 11.5. The summed E-state index contributed by atoms with van der Waals surface area (Å²) in [6.07, 6.45) is 7.41. The number of carboxylic acid groups (broad SMARTS) is 1. The molecule has 24 heavy (non-hydrogen) atoms. The van der Waals surface area contributed by atoms with Crippen LogP contribution in [-0.2, 0) is 18.3 Å². The molecule has 7 nitrogen and oxygen atoms in total. The minimum Gasteiger partial charge on any atom is -0.481 e. The van der Waals surface area contributed by atoms with Crippen LogP contribution < -0.4 is 5.32 Å². The van der Waals surface area contributed by atoms with Gasteiger partial charge in [0, 0.05) is 31.9 Å². The fraction of sp³-hybridized carbons (Fsp3) is 0.706. The Morgan fingerprint density at radius 1 is 1.38 bits per heavy atom. The van der Waals surface area contributed by atoms with Gasteiger partial charge in [-0.05, 0) is 38.0 Å². The molecular weight excluding hydrogens is 308 g/mol. The van der Waals surface area contributed by atoms with Gasteiger partial charge in [-0.15, -0.1) is 0 Å². The van der Waals surface area contributed by atoms with Crippen molar-refractivity contribution >= 4 is 12.0 Å². The van der Waals surface area contributed by atoms with E-state index in [2.05, 4.69) is 10.4 Å². The molecule has 2 N–H and O–H groups in total. The van der Waals surface area contributed by atoms with E-state index in [1.165, 1.54) is 0 Å². The molecule has 0 bridgehead atoms. The van der Waals surface area contributed by atoms with Crippen LogP contribution in [0, 0.1) is 11.3 Å². The van der Waals surface area contributed by atoms with Crippen molar-refractivity contribution in [2.24, 2.45) is 18.4 Å². The van der Waals surface area contributed by atoms with E-state index in [0.29, 0.717) is 19.5 Å². The van der Waals surface area contributed by atoms with Crippen molar-refractivity contribution in [1.82, 2.24) is 20.0 Å². The second kappa shape index (κ2) is 5.50. The van der Waals surface area contributed by atoms with E-state index < -0.39 is 11.4 Å². The Morgan fingerprint density at radius 3 is 2.96 bits per heavy atom. The lowest BCUT2D eigenvalue weighted by Gasteiger charge is -2.27. The van der Waals surface area contributed by atoms with Gasteiger partial charge in [-0.2, -0.15) is 5.10 Å². The summed E-state index contributed by atoms with van der Waals surface area (Å²) in [5.41, 5.74) is 1.45. The maximum atomic E-state index is 12.7. The standard InChI is InChI=1S/C17H24N4O3/c1-20-9-12-13(5-2-6-14(12)19-20)18-16(24)21-8-11-4-3-7-17(11,10-21)15(22)23/h9,11,13H,2-8,10H2,1H3,(H,18,24)(H,22,23)/t11-,13?,17+/m0/s1. The third kappa shape index (κ3) is 2.29. The van der Waals surface area contributed by atoms with Crippen molar-refractivity contribution in [1.29, 1.82) is 0 Å². The van der Waals surface area contributed by atoms with E-state index >= 15 is 0 Å². The average molecular weight is 332 g/mol. The molecule has 0 spiro atoms. The zero-order chi connectivity index (χ0) is 16.9. The van der Waals surface area contributed by atoms with E-state index in [1.54, 1.807) is 9.58 Å². The molecule has 2 amide bonds. The quantitative estimate of drug-likeness (QED) is 0.863. The number of carbonyl (C=O) groups excluding carboxylic acids is 1. The molecule has 130 valence electrons. The fourth-order valence-corrected chi connectivity index (χ4v) is 4.85. The maximum Gasteiger partial charge on any atom is 0.317 e. The number of aliphatic carboxylic acids is 1. The highest BCUT2D eigenvalue weighted by atomic mass is 16.4. The summed E-state index contributed by atoms with van der Waals surface area (Å²) in [6, 6.07) is -0.150. The molecule has 1 aromatic heterocycles. The average Bonchev–Trinajstić information content (AvgIpc) is 3.18. The maximum absolute atomic E-state index is 12.7. The summed E-state index contributed by atoms with van der Waals surface area (Å²) in [4.78, 5) is 26.2. The van der Waals surface area contributed by atoms with Gasteiger partial charge in [0.05, 0.1) is 17.2 Å². The lowest BCUT2D eigenvalue weighted by atomic mass is 9.81. The number of hydrogen-bond donors (Lipinski definition) is 2. The molecule has 1 aliphatic heterocycles. The van der Waals surface area contributed by atoms with Gasteiger partial charge < -0.3 is 15.3 Å². The molecule has 1 aromatic rings. The summed E-state index contributed by atoms with van der Waals surface area (Å²) in [7, 11) is 1.90. The summed E-state index contributed by atoms with van der Waals surface area (Å²) in [5.74, 6) is -0.645. The van der Waals surface area contributed by atoms with Crippen molar-refractivity contribution in [3.63, 3.8) is 0 Å². The Labute approximate surface area is 141 Å². The van der Waals surface area contributed by atoms with Crippen molar-refractivity contribution in [2.45, 2.75) is 44.6 Å². The van der Waals surface area contributed by atoms with Gasteiger partial charge in [-0.3, -0.25) is 9.48 Å². The summed E-state index contributed by atoms with van der Waals surface area (Å²) in [5, 5.41) is 17.2. The Morgan fingerprint density at radius 2 is 2.21 bits per heavy atom. The van der Waals surface area contributed by atoms with Crippen LogP contribution in [-0.4, -0.2) is 44.9 Å². The molecule has 1 saturated carbocycles. The van der Waals surface area contributed by atoms with E-state index in [0.717, 1.165) is 43.4 Å². The molecule has 1 saturated heterocycles. The molecule has 1 unspecified atom stereocenters. The monoisotopic (exact) mass is 332 g/mol. The van der Waals surface area contributed by atoms with Gasteiger partial charge in [-0.1, -0.05) is 6.42 Å². The van der Waals surface area contributed by atoms with Gasteiger partial charge in [-0.25, -0.2) is 4.79 Å². The molecule has 2 heterocycles. The van der Waals surface area contributed by atoms with Crippen LogP contribution in [0.1, 0.15) is 49.4 Å². The number of amides is 2. The predicted molar refractivity (Wildman–Crippen MR) is 86.4 cm³/mol. The largest absolute Gasteiger partial charge is 0.481 e. The van der Waals surface area contributed by atoms with Gasteiger partial charge in [0.25, 0.3) is 0 Å². The Kier molecular flexibility index (Phi) is 3.54. The van der Waals surface area contributed by atoms with Crippen LogP contribution in [0.15, 0.2) is 6.20 Å². The Balaban J connectivity index is 1.47. The minimum absolute atomic E-state index is 0.0174. The summed E-state index contributed by atoms with van der Waals surface area (Å²) >= 11 is 0. The van der Waals surface area contributed by atoms with E-state index in [9.17, 15) is 14.7 Å². The number of carbonyl (C=O) groups is 2. The number of rotatable bonds is 2. The lowest BCUT2D eigenvalue weighted by molar-refractivity contribution is -0.149. The Hall–Kier alpha value is -2.05. The minimum atomic E-state index is -0.743. The second-order valence-corrected chi connectivity index (χ2v) is 7.53. The first-order valence-electron chi connectivity index (χ1n) is 8.81. The number of nitrogens with zero attached hydrogens (tertiary/aromatic N) is 3. The zero-order valence-corrected chi connectivity index (χ0v) is 14.0. The molecule has 0 radical (unpaired) electrons. The molecule has 3 aliphatic rings. The number of nitrogens with one attached hydrogen (secondary N) is 1. The topological polar surface area (TPSA) is 87.5 Å². The zero-order valence-electron chi connectivity index (χ0n) is 14.0. The first kappa shape index (κ1) is 15.5. The second-order valence-electron chi connectivity index (χ2n) is 7.53. The first-order valence-corrected chi connectivity index (χ1v) is 8.81. The molecule has 7 heteroatoms. The van der Waals surface area contributed by atoms with Crippen molar-refractivity contribution in [3.05, 3.63) is 17.5 Å². The third-order valence-corrected chi connectivity index (χ3v) is 6.10. The smallest absolute Gasteiger partial charge is 0.317 e. The van der Waals surface area contributed by atoms with Gasteiger partial charge in [0.2, 0.25) is 0 Å². The van der Waals surface area contributed by atoms with Crippen molar-refractivity contribution in [2.75, 3.05) is 13.1 Å². The Bertz CT molecular complexity index is 685. The highest BCUT2D eigenvalue weighted by Gasteiger charge is 2.55. The van der Waals surface area contributed by atoms with E-state index in [4.69, 9.17) is 0 Å². The number of urea groups is 1. The van der Waals surface area contributed by atoms with Gasteiger partial charge in [0.15, 0.2) is 0 Å². The molecule has 2 aliphatic carbocycles. The molecule has 3 atom stereocenters.